The Bertz CT molecular complexity index is 1100. The number of nitrogens with zero attached hydrogens (tertiary/aromatic N) is 1. The summed E-state index contributed by atoms with van der Waals surface area (Å²) in [5, 5.41) is 5.67. The number of ether oxygens (including phenoxy) is 2. The smallest absolute Gasteiger partial charge is 0.252 e. The molecule has 7 nitrogen and oxygen atoms in total. The molecular formula is C25H24ClN3O4. The minimum Gasteiger partial charge on any atom is -0.489 e. The minimum atomic E-state index is -0.319. The Morgan fingerprint density at radius 1 is 1.12 bits per heavy atom. The van der Waals surface area contributed by atoms with Crippen molar-refractivity contribution in [2.45, 2.75) is 6.61 Å². The molecule has 0 aliphatic carbocycles. The second-order valence-electron chi connectivity index (χ2n) is 6.98. The number of halogens is 1. The first-order valence-electron chi connectivity index (χ1n) is 10.2. The molecule has 0 saturated carbocycles. The number of pyridine rings is 1. The van der Waals surface area contributed by atoms with Crippen LogP contribution >= 0.6 is 11.6 Å². The van der Waals surface area contributed by atoms with Crippen molar-refractivity contribution in [1.29, 1.82) is 0 Å². The average molecular weight is 466 g/mol. The Kier molecular flexibility index (Phi) is 8.99. The minimum absolute atomic E-state index is 0.244. The van der Waals surface area contributed by atoms with Crippen molar-refractivity contribution in [3.8, 4) is 5.75 Å². The average Bonchev–Trinajstić information content (AvgIpc) is 2.83. The number of aromatic nitrogens is 1. The lowest BCUT2D eigenvalue weighted by Crippen LogP contribution is -2.27. The van der Waals surface area contributed by atoms with Gasteiger partial charge >= 0.3 is 0 Å². The van der Waals surface area contributed by atoms with Gasteiger partial charge in [0, 0.05) is 43.4 Å². The monoisotopic (exact) mass is 465 g/mol. The Labute approximate surface area is 197 Å². The number of nitrogens with one attached hydrogen (secondary N) is 2. The van der Waals surface area contributed by atoms with Crippen molar-refractivity contribution < 1.29 is 19.1 Å². The van der Waals surface area contributed by atoms with Crippen molar-refractivity contribution in [2.75, 3.05) is 25.6 Å². The van der Waals surface area contributed by atoms with Gasteiger partial charge in [-0.15, -0.1) is 0 Å². The second-order valence-corrected chi connectivity index (χ2v) is 7.39. The summed E-state index contributed by atoms with van der Waals surface area (Å²) in [7, 11) is 1.56. The Morgan fingerprint density at radius 3 is 2.64 bits per heavy atom. The molecule has 0 radical (unpaired) electrons. The van der Waals surface area contributed by atoms with Gasteiger partial charge in [-0.3, -0.25) is 14.6 Å². The fourth-order valence-corrected chi connectivity index (χ4v) is 3.09. The van der Waals surface area contributed by atoms with Gasteiger partial charge in [0.05, 0.1) is 17.2 Å². The van der Waals surface area contributed by atoms with Crippen molar-refractivity contribution in [2.24, 2.45) is 0 Å². The quantitative estimate of drug-likeness (QED) is 0.343. The maximum atomic E-state index is 12.3. The molecule has 0 unspecified atom stereocenters. The topological polar surface area (TPSA) is 89.6 Å². The molecule has 2 amide bonds. The number of carbonyl (C=O) groups is 2. The van der Waals surface area contributed by atoms with Crippen molar-refractivity contribution in [3.05, 3.63) is 94.8 Å². The van der Waals surface area contributed by atoms with E-state index in [0.717, 1.165) is 16.9 Å². The lowest BCUT2D eigenvalue weighted by atomic mass is 10.2. The summed E-state index contributed by atoms with van der Waals surface area (Å²) in [5.41, 5.74) is 2.65. The van der Waals surface area contributed by atoms with E-state index in [1.54, 1.807) is 37.7 Å². The normalized spacial score (nSPS) is 10.7. The number of carbonyl (C=O) groups excluding carboxylic acids is 2. The third kappa shape index (κ3) is 7.75. The van der Waals surface area contributed by atoms with Gasteiger partial charge in [0.25, 0.3) is 5.91 Å². The third-order valence-electron chi connectivity index (χ3n) is 4.51. The summed E-state index contributed by atoms with van der Waals surface area (Å²) in [4.78, 5) is 28.4. The predicted molar refractivity (Wildman–Crippen MR) is 128 cm³/mol. The molecule has 2 aromatic carbocycles. The van der Waals surface area contributed by atoms with E-state index < -0.39 is 0 Å². The molecule has 2 N–H and O–H groups in total. The van der Waals surface area contributed by atoms with Gasteiger partial charge in [0.2, 0.25) is 5.91 Å². The summed E-state index contributed by atoms with van der Waals surface area (Å²) >= 11 is 6.20. The van der Waals surface area contributed by atoms with Crippen molar-refractivity contribution >= 4 is 35.2 Å². The van der Waals surface area contributed by atoms with Crippen LogP contribution in [0.5, 0.6) is 5.75 Å². The van der Waals surface area contributed by atoms with E-state index in [0.29, 0.717) is 31.0 Å². The Balaban J connectivity index is 1.51. The summed E-state index contributed by atoms with van der Waals surface area (Å²) < 4.78 is 10.6. The summed E-state index contributed by atoms with van der Waals surface area (Å²) in [6.07, 6.45) is 6.59. The standard InChI is InChI=1S/C25H24ClN3O4/c1-32-14-13-28-25(31)22-10-7-20(15-23(22)26)29-24(30)11-6-18-4-8-21(9-5-18)33-17-19-3-2-12-27-16-19/h2-12,15-16H,13-14,17H2,1H3,(H,28,31)(H,29,30). The maximum Gasteiger partial charge on any atom is 0.252 e. The SMILES string of the molecule is COCCNC(=O)c1ccc(NC(=O)C=Cc2ccc(OCc3cccnc3)cc2)cc1Cl. The lowest BCUT2D eigenvalue weighted by molar-refractivity contribution is -0.111. The first kappa shape index (κ1) is 24.0. The molecular weight excluding hydrogens is 442 g/mol. The predicted octanol–water partition coefficient (Wildman–Crippen LogP) is 4.34. The van der Waals surface area contributed by atoms with Crippen molar-refractivity contribution in [1.82, 2.24) is 10.3 Å². The highest BCUT2D eigenvalue weighted by Gasteiger charge is 2.11. The van der Waals surface area contributed by atoms with E-state index in [1.165, 1.54) is 12.1 Å². The van der Waals surface area contributed by atoms with E-state index in [1.807, 2.05) is 36.4 Å². The van der Waals surface area contributed by atoms with E-state index >= 15 is 0 Å². The number of benzene rings is 2. The summed E-state index contributed by atoms with van der Waals surface area (Å²) in [6.45, 7) is 1.22. The second kappa shape index (κ2) is 12.4. The molecule has 3 aromatic rings. The molecule has 0 aliphatic heterocycles. The van der Waals surface area contributed by atoms with Crippen LogP contribution in [0.4, 0.5) is 5.69 Å². The van der Waals surface area contributed by atoms with Crippen LogP contribution in [0, 0.1) is 0 Å². The number of methoxy groups -OCH3 is 1. The first-order chi connectivity index (χ1) is 16.0. The molecule has 0 aliphatic rings. The van der Waals surface area contributed by atoms with Gasteiger partial charge in [-0.25, -0.2) is 0 Å². The van der Waals surface area contributed by atoms with Crippen LogP contribution in [-0.2, 0) is 16.1 Å². The maximum absolute atomic E-state index is 12.3. The number of anilines is 1. The van der Waals surface area contributed by atoms with Gasteiger partial charge in [-0.05, 0) is 48.0 Å². The van der Waals surface area contributed by atoms with Gasteiger partial charge in [0.1, 0.15) is 12.4 Å². The molecule has 0 spiro atoms. The van der Waals surface area contributed by atoms with Crippen LogP contribution in [0.25, 0.3) is 6.08 Å². The van der Waals surface area contributed by atoms with E-state index in [-0.39, 0.29) is 16.8 Å². The molecule has 0 saturated heterocycles. The van der Waals surface area contributed by atoms with Crippen LogP contribution in [-0.4, -0.2) is 37.1 Å². The number of rotatable bonds is 10. The van der Waals surface area contributed by atoms with E-state index in [2.05, 4.69) is 15.6 Å². The molecule has 8 heteroatoms. The zero-order valence-electron chi connectivity index (χ0n) is 18.1. The van der Waals surface area contributed by atoms with Gasteiger partial charge in [-0.2, -0.15) is 0 Å². The molecule has 0 bridgehead atoms. The van der Waals surface area contributed by atoms with Crippen molar-refractivity contribution in [3.63, 3.8) is 0 Å². The number of amides is 2. The van der Waals surface area contributed by atoms with Gasteiger partial charge in [0.15, 0.2) is 0 Å². The third-order valence-corrected chi connectivity index (χ3v) is 4.82. The van der Waals surface area contributed by atoms with E-state index in [9.17, 15) is 9.59 Å². The van der Waals surface area contributed by atoms with Crippen LogP contribution in [0.15, 0.2) is 73.1 Å². The highest BCUT2D eigenvalue weighted by molar-refractivity contribution is 6.34. The van der Waals surface area contributed by atoms with Crippen LogP contribution < -0.4 is 15.4 Å². The number of hydrogen-bond acceptors (Lipinski definition) is 5. The van der Waals surface area contributed by atoms with Crippen LogP contribution in [0.1, 0.15) is 21.5 Å². The zero-order valence-corrected chi connectivity index (χ0v) is 18.8. The highest BCUT2D eigenvalue weighted by Crippen LogP contribution is 2.21. The highest BCUT2D eigenvalue weighted by atomic mass is 35.5. The molecule has 0 fully saturated rings. The largest absolute Gasteiger partial charge is 0.489 e. The molecule has 33 heavy (non-hydrogen) atoms. The van der Waals surface area contributed by atoms with Gasteiger partial charge < -0.3 is 20.1 Å². The summed E-state index contributed by atoms with van der Waals surface area (Å²) in [5.74, 6) is 0.101. The fraction of sp³-hybridized carbons (Fsp3) is 0.160. The summed E-state index contributed by atoms with van der Waals surface area (Å²) in [6, 6.07) is 15.9. The molecule has 1 heterocycles. The van der Waals surface area contributed by atoms with Crippen LogP contribution in [0.2, 0.25) is 5.02 Å². The molecule has 0 atom stereocenters. The number of hydrogen-bond donors (Lipinski definition) is 2. The molecule has 170 valence electrons. The Morgan fingerprint density at radius 2 is 1.94 bits per heavy atom. The van der Waals surface area contributed by atoms with E-state index in [4.69, 9.17) is 21.1 Å². The fourth-order valence-electron chi connectivity index (χ4n) is 2.82. The van der Waals surface area contributed by atoms with Gasteiger partial charge in [-0.1, -0.05) is 29.8 Å². The first-order valence-corrected chi connectivity index (χ1v) is 10.6. The molecule has 1 aromatic heterocycles. The molecule has 3 rings (SSSR count). The zero-order chi connectivity index (χ0) is 23.5. The van der Waals surface area contributed by atoms with Crippen LogP contribution in [0.3, 0.4) is 0 Å². The lowest BCUT2D eigenvalue weighted by Gasteiger charge is -2.08. The Hall–Kier alpha value is -3.68.